The lowest BCUT2D eigenvalue weighted by Gasteiger charge is -2.22. The molecule has 0 saturated heterocycles. The van der Waals surface area contributed by atoms with Crippen LogP contribution in [0.5, 0.6) is 0 Å². The van der Waals surface area contributed by atoms with Crippen molar-refractivity contribution in [3.63, 3.8) is 0 Å². The first-order valence-corrected chi connectivity index (χ1v) is 18.8. The molecule has 48 heavy (non-hydrogen) atoms. The predicted molar refractivity (Wildman–Crippen MR) is 206 cm³/mol. The Morgan fingerprint density at radius 2 is 1.25 bits per heavy atom. The van der Waals surface area contributed by atoms with E-state index in [0.29, 0.717) is 0 Å². The van der Waals surface area contributed by atoms with Crippen LogP contribution < -0.4 is 14.8 Å². The quantitative estimate of drug-likeness (QED) is 0.0542. The smallest absolute Gasteiger partial charge is 0.254 e. The summed E-state index contributed by atoms with van der Waals surface area (Å²) in [5, 5.41) is 2.08. The van der Waals surface area contributed by atoms with Crippen molar-refractivity contribution in [2.75, 3.05) is 46.7 Å². The molecule has 260 valence electrons. The molecule has 2 aromatic carbocycles. The largest absolute Gasteiger partial charge is 0.456 e. The van der Waals surface area contributed by atoms with Crippen LogP contribution in [0.25, 0.3) is 33.4 Å². The zero-order valence-electron chi connectivity index (χ0n) is 31.0. The average molecular weight is 653 g/mol. The molecule has 1 aliphatic heterocycles. The Hall–Kier alpha value is -3.60. The Morgan fingerprint density at radius 3 is 1.83 bits per heavy atom. The number of fused-ring (bicyclic) bond motifs is 2. The van der Waals surface area contributed by atoms with Crippen LogP contribution in [-0.2, 0) is 0 Å². The Labute approximate surface area is 291 Å². The number of nitrogens with zero attached hydrogens (tertiary/aromatic N) is 3. The Bertz CT molecular complexity index is 1610. The minimum Gasteiger partial charge on any atom is -0.456 e. The van der Waals surface area contributed by atoms with Gasteiger partial charge in [-0.2, -0.15) is 0 Å². The number of amides is 1. The average Bonchev–Trinajstić information content (AvgIpc) is 3.09. The molecule has 0 spiro atoms. The Kier molecular flexibility index (Phi) is 15.1. The molecule has 0 radical (unpaired) electrons. The zero-order chi connectivity index (χ0) is 34.3. The highest BCUT2D eigenvalue weighted by Crippen LogP contribution is 2.42. The van der Waals surface area contributed by atoms with E-state index in [2.05, 4.69) is 58.9 Å². The van der Waals surface area contributed by atoms with Gasteiger partial charge in [-0.25, -0.2) is 4.58 Å². The molecule has 0 fully saturated rings. The molecule has 2 aliphatic rings. The normalized spacial score (nSPS) is 11.4. The van der Waals surface area contributed by atoms with E-state index in [9.17, 15) is 4.79 Å². The van der Waals surface area contributed by atoms with Crippen LogP contribution in [0, 0.1) is 0 Å². The van der Waals surface area contributed by atoms with Crippen molar-refractivity contribution in [3.8, 4) is 22.5 Å². The number of anilines is 1. The lowest BCUT2D eigenvalue weighted by molar-refractivity contribution is 0.0793. The van der Waals surface area contributed by atoms with Gasteiger partial charge in [-0.15, -0.1) is 0 Å². The van der Waals surface area contributed by atoms with Crippen LogP contribution in [-0.4, -0.2) is 52.6 Å². The van der Waals surface area contributed by atoms with Crippen LogP contribution in [0.15, 0.2) is 65.1 Å². The summed E-state index contributed by atoms with van der Waals surface area (Å²) in [6.07, 6.45) is 21.6. The number of benzene rings is 3. The van der Waals surface area contributed by atoms with Gasteiger partial charge in [0.25, 0.3) is 5.91 Å². The van der Waals surface area contributed by atoms with Crippen molar-refractivity contribution >= 4 is 22.6 Å². The van der Waals surface area contributed by atoms with Crippen molar-refractivity contribution in [2.24, 2.45) is 0 Å². The zero-order valence-corrected chi connectivity index (χ0v) is 31.0. The number of hydrogen-bond acceptors (Lipinski definition) is 3. The third-order valence-electron chi connectivity index (χ3n) is 9.84. The summed E-state index contributed by atoms with van der Waals surface area (Å²) in [5.74, 6) is 0.881. The van der Waals surface area contributed by atoms with E-state index in [1.165, 1.54) is 96.3 Å². The number of unbranched alkanes of at least 4 members (excludes halogenated alkanes) is 15. The second-order valence-electron chi connectivity index (χ2n) is 14.2. The van der Waals surface area contributed by atoms with E-state index in [1.54, 1.807) is 0 Å². The second-order valence-corrected chi connectivity index (χ2v) is 14.2. The Morgan fingerprint density at radius 1 is 0.667 bits per heavy atom. The lowest BCUT2D eigenvalue weighted by atomic mass is 9.90. The first-order valence-electron chi connectivity index (χ1n) is 18.8. The molecule has 4 rings (SSSR count). The number of carbonyl (C=O) groups is 1. The summed E-state index contributed by atoms with van der Waals surface area (Å²) >= 11 is 0. The lowest BCUT2D eigenvalue weighted by Crippen LogP contribution is -2.28. The molecular formula is C43H62N3O2+. The number of rotatable bonds is 20. The van der Waals surface area contributed by atoms with Crippen LogP contribution in [0.3, 0.4) is 0 Å². The molecule has 5 heteroatoms. The van der Waals surface area contributed by atoms with Crippen molar-refractivity contribution in [1.29, 1.82) is 0 Å². The van der Waals surface area contributed by atoms with Gasteiger partial charge in [0.15, 0.2) is 0 Å². The van der Waals surface area contributed by atoms with E-state index in [-0.39, 0.29) is 5.91 Å². The topological polar surface area (TPSA) is 39.7 Å². The highest BCUT2D eigenvalue weighted by atomic mass is 16.3. The predicted octanol–water partition coefficient (Wildman–Crippen LogP) is 10.6. The van der Waals surface area contributed by atoms with Crippen molar-refractivity contribution in [3.05, 3.63) is 71.6 Å². The van der Waals surface area contributed by atoms with Crippen LogP contribution >= 0.6 is 0 Å². The first-order chi connectivity index (χ1) is 23.3. The summed E-state index contributed by atoms with van der Waals surface area (Å²) in [6, 6.07) is 20.8. The standard InChI is InChI=1S/C43H62N3O2/c1-7-8-9-10-11-12-13-14-15-16-17-18-19-20-21-24-31-46(6)43(47)37-26-23-22-25-36(37)42-38-29-27-34(44(2)3)32-40(38)48-41-33-35(45(4)5)28-30-39(41)42/h22-23,25-30,32-33H,7-21,24,31H2,1-6H3/q+1. The molecule has 1 amide bonds. The van der Waals surface area contributed by atoms with Crippen molar-refractivity contribution in [1.82, 2.24) is 9.48 Å². The molecule has 2 aromatic rings. The van der Waals surface area contributed by atoms with Crippen LogP contribution in [0.1, 0.15) is 120 Å². The fourth-order valence-corrected chi connectivity index (χ4v) is 6.81. The maximum atomic E-state index is 14.0. The highest BCUT2D eigenvalue weighted by molar-refractivity contribution is 6.09. The Balaban J connectivity index is 1.34. The summed E-state index contributed by atoms with van der Waals surface area (Å²) in [4.78, 5) is 18.0. The summed E-state index contributed by atoms with van der Waals surface area (Å²) < 4.78 is 8.61. The third kappa shape index (κ3) is 10.4. The highest BCUT2D eigenvalue weighted by Gasteiger charge is 2.23. The van der Waals surface area contributed by atoms with Gasteiger partial charge < -0.3 is 14.2 Å². The van der Waals surface area contributed by atoms with Gasteiger partial charge in [0.05, 0.1) is 6.07 Å². The molecule has 0 unspecified atom stereocenters. The maximum absolute atomic E-state index is 14.0. The van der Waals surface area contributed by atoms with Gasteiger partial charge in [0.2, 0.25) is 5.36 Å². The summed E-state index contributed by atoms with van der Waals surface area (Å²) in [7, 11) is 10.1. The molecule has 0 N–H and O–H groups in total. The van der Waals surface area contributed by atoms with Gasteiger partial charge in [0, 0.05) is 67.6 Å². The molecule has 0 aromatic heterocycles. The van der Waals surface area contributed by atoms with Gasteiger partial charge in [-0.1, -0.05) is 121 Å². The fraction of sp³-hybridized carbons (Fsp3) is 0.535. The first kappa shape index (κ1) is 37.2. The number of carbonyl (C=O) groups excluding carboxylic acids is 1. The SMILES string of the molecule is CCCCCCCCCCCCCCCCCCN(C)C(=O)c1ccccc1-c1c2ccc(=[N+](C)C)cc-2oc2cc(N(C)C)ccc12. The van der Waals surface area contributed by atoms with E-state index in [4.69, 9.17) is 4.42 Å². The van der Waals surface area contributed by atoms with Crippen LogP contribution in [0.2, 0.25) is 0 Å². The van der Waals surface area contributed by atoms with Gasteiger partial charge in [-0.05, 0) is 36.2 Å². The summed E-state index contributed by atoms with van der Waals surface area (Å²) in [5.41, 5.74) is 5.61. The molecule has 0 bridgehead atoms. The minimum absolute atomic E-state index is 0.0727. The third-order valence-corrected chi connectivity index (χ3v) is 9.84. The molecule has 0 saturated carbocycles. The molecule has 1 aliphatic carbocycles. The van der Waals surface area contributed by atoms with Gasteiger partial charge in [-0.3, -0.25) is 4.79 Å². The fourth-order valence-electron chi connectivity index (χ4n) is 6.81. The second kappa shape index (κ2) is 19.4. The van der Waals surface area contributed by atoms with E-state index < -0.39 is 0 Å². The van der Waals surface area contributed by atoms with Gasteiger partial charge >= 0.3 is 0 Å². The monoisotopic (exact) mass is 652 g/mol. The summed E-state index contributed by atoms with van der Waals surface area (Å²) in [6.45, 7) is 3.06. The van der Waals surface area contributed by atoms with Gasteiger partial charge in [0.1, 0.15) is 25.4 Å². The molecule has 0 atom stereocenters. The molecular weight excluding hydrogens is 590 g/mol. The van der Waals surface area contributed by atoms with E-state index >= 15 is 0 Å². The van der Waals surface area contributed by atoms with E-state index in [1.807, 2.05) is 58.3 Å². The minimum atomic E-state index is 0.0727. The molecule has 5 nitrogen and oxygen atoms in total. The maximum Gasteiger partial charge on any atom is 0.254 e. The van der Waals surface area contributed by atoms with Crippen LogP contribution in [0.4, 0.5) is 5.69 Å². The number of hydrogen-bond donors (Lipinski definition) is 0. The van der Waals surface area contributed by atoms with E-state index in [0.717, 1.165) is 63.0 Å². The van der Waals surface area contributed by atoms with Crippen molar-refractivity contribution < 1.29 is 9.21 Å². The van der Waals surface area contributed by atoms with Crippen molar-refractivity contribution in [2.45, 2.75) is 110 Å². The molecule has 1 heterocycles.